The van der Waals surface area contributed by atoms with E-state index in [4.69, 9.17) is 21.5 Å². The van der Waals surface area contributed by atoms with E-state index >= 15 is 0 Å². The molecule has 1 aromatic rings. The van der Waals surface area contributed by atoms with Gasteiger partial charge < -0.3 is 14.5 Å². The average molecular weight is 496 g/mol. The fourth-order valence-corrected chi connectivity index (χ4v) is 4.39. The highest BCUT2D eigenvalue weighted by Crippen LogP contribution is 2.34. The molecular formula is C23H33N3O5S2. The summed E-state index contributed by atoms with van der Waals surface area (Å²) >= 11 is 5.11. The summed E-state index contributed by atoms with van der Waals surface area (Å²) in [6.45, 7) is 12.6. The third-order valence-electron chi connectivity index (χ3n) is 5.46. The number of amides is 1. The van der Waals surface area contributed by atoms with E-state index < -0.39 is 10.1 Å². The molecule has 0 saturated carbocycles. The number of rotatable bonds is 8. The van der Waals surface area contributed by atoms with E-state index in [-0.39, 0.29) is 35.6 Å². The number of allylic oxidation sites excluding steroid dienone is 1. The van der Waals surface area contributed by atoms with Crippen LogP contribution in [-0.4, -0.2) is 72.3 Å². The van der Waals surface area contributed by atoms with Crippen LogP contribution < -0.4 is 4.90 Å². The Morgan fingerprint density at radius 1 is 1.03 bits per heavy atom. The van der Waals surface area contributed by atoms with Gasteiger partial charge in [-0.15, -0.1) is 0 Å². The van der Waals surface area contributed by atoms with Gasteiger partial charge >= 0.3 is 0 Å². The zero-order valence-corrected chi connectivity index (χ0v) is 21.3. The van der Waals surface area contributed by atoms with Gasteiger partial charge in [0, 0.05) is 18.8 Å². The molecule has 1 N–H and O–H groups in total. The maximum Gasteiger partial charge on any atom is 0.299 e. The van der Waals surface area contributed by atoms with Crippen LogP contribution in [-0.2, 0) is 19.6 Å². The lowest BCUT2D eigenvalue weighted by Crippen LogP contribution is -2.31. The van der Waals surface area contributed by atoms with Gasteiger partial charge in [0.25, 0.3) is 21.2 Å². The summed E-state index contributed by atoms with van der Waals surface area (Å²) in [6.07, 6.45) is 3.81. The summed E-state index contributed by atoms with van der Waals surface area (Å²) in [5, 5.41) is 0.102. The second-order valence-electron chi connectivity index (χ2n) is 7.43. The predicted molar refractivity (Wildman–Crippen MR) is 135 cm³/mol. The first kappa shape index (κ1) is 27.0. The molecule has 10 heteroatoms. The number of fused-ring (bicyclic) bond motifs is 1. The molecule has 0 radical (unpaired) electrons. The van der Waals surface area contributed by atoms with E-state index in [9.17, 15) is 13.2 Å². The molecule has 0 atom stereocenters. The van der Waals surface area contributed by atoms with Crippen molar-refractivity contribution in [1.29, 1.82) is 0 Å². The first-order valence-electron chi connectivity index (χ1n) is 11.2. The normalized spacial score (nSPS) is 17.8. The van der Waals surface area contributed by atoms with Crippen LogP contribution in [0.3, 0.4) is 0 Å². The van der Waals surface area contributed by atoms with E-state index in [1.165, 1.54) is 24.5 Å². The van der Waals surface area contributed by atoms with Crippen molar-refractivity contribution in [3.63, 3.8) is 0 Å². The largest absolute Gasteiger partial charge is 0.423 e. The van der Waals surface area contributed by atoms with Crippen molar-refractivity contribution >= 4 is 45.2 Å². The van der Waals surface area contributed by atoms with Gasteiger partial charge in [-0.3, -0.25) is 14.2 Å². The zero-order valence-electron chi connectivity index (χ0n) is 19.7. The molecule has 182 valence electrons. The summed E-state index contributed by atoms with van der Waals surface area (Å²) in [5.41, 5.74) is 2.27. The molecule has 0 unspecified atom stereocenters. The Morgan fingerprint density at radius 2 is 1.67 bits per heavy atom. The van der Waals surface area contributed by atoms with Crippen molar-refractivity contribution in [2.45, 2.75) is 34.1 Å². The SMILES string of the molecule is CCN(CC)CC.CCN1C(=O)/C(=C2\C=Cc3ccccc3N2CCCS(=O)(=O)O)OC1=S. The van der Waals surface area contributed by atoms with Crippen LogP contribution in [0.15, 0.2) is 41.8 Å². The number of hydrogen-bond acceptors (Lipinski definition) is 7. The first-order valence-corrected chi connectivity index (χ1v) is 13.2. The van der Waals surface area contributed by atoms with Crippen LogP contribution >= 0.6 is 12.2 Å². The Balaban J connectivity index is 0.000000479. The lowest BCUT2D eigenvalue weighted by molar-refractivity contribution is -0.122. The molecule has 1 fully saturated rings. The molecule has 1 amide bonds. The van der Waals surface area contributed by atoms with Gasteiger partial charge in [-0.2, -0.15) is 8.42 Å². The van der Waals surface area contributed by atoms with Crippen LogP contribution in [0.5, 0.6) is 0 Å². The topological polar surface area (TPSA) is 90.4 Å². The predicted octanol–water partition coefficient (Wildman–Crippen LogP) is 3.52. The van der Waals surface area contributed by atoms with Gasteiger partial charge in [-0.25, -0.2) is 0 Å². The van der Waals surface area contributed by atoms with Crippen molar-refractivity contribution in [2.24, 2.45) is 0 Å². The molecule has 2 aliphatic heterocycles. The number of nitrogens with zero attached hydrogens (tertiary/aromatic N) is 3. The molecule has 2 heterocycles. The van der Waals surface area contributed by atoms with E-state index in [1.807, 2.05) is 35.2 Å². The van der Waals surface area contributed by atoms with Crippen LogP contribution in [0.25, 0.3) is 6.08 Å². The third-order valence-corrected chi connectivity index (χ3v) is 6.57. The fraction of sp³-hybridized carbons (Fsp3) is 0.478. The molecule has 1 aromatic carbocycles. The molecule has 33 heavy (non-hydrogen) atoms. The average Bonchev–Trinajstić information content (AvgIpc) is 3.07. The molecule has 0 aromatic heterocycles. The van der Waals surface area contributed by atoms with Crippen LogP contribution in [0.1, 0.15) is 39.7 Å². The molecule has 0 aliphatic carbocycles. The molecule has 8 nitrogen and oxygen atoms in total. The number of carbonyl (C=O) groups is 1. The number of thiocarbonyl (C=S) groups is 1. The molecule has 0 spiro atoms. The molecule has 2 aliphatic rings. The van der Waals surface area contributed by atoms with Crippen LogP contribution in [0, 0.1) is 0 Å². The Morgan fingerprint density at radius 3 is 2.18 bits per heavy atom. The number of anilines is 1. The standard InChI is InChI=1S/C17H18N2O5S2.C6H15N/c1-2-18-16(20)15(24-17(18)25)14-9-8-12-6-3-4-7-13(12)19(14)10-5-11-26(21,22)23;1-4-7(5-2)6-3/h3-4,6-9H,2,5,10-11H2,1H3,(H,21,22,23);4-6H2,1-3H3/b15-14-;. The van der Waals surface area contributed by atoms with Crippen molar-refractivity contribution in [3.8, 4) is 0 Å². The molecular weight excluding hydrogens is 462 g/mol. The first-order chi connectivity index (χ1) is 15.7. The quantitative estimate of drug-likeness (QED) is 0.333. The molecule has 3 rings (SSSR count). The highest BCUT2D eigenvalue weighted by Gasteiger charge is 2.36. The number of likely N-dealkylation sites (N-methyl/N-ethyl adjacent to an activating group) is 1. The maximum absolute atomic E-state index is 12.6. The highest BCUT2D eigenvalue weighted by atomic mass is 32.2. The Kier molecular flexibility index (Phi) is 10.0. The summed E-state index contributed by atoms with van der Waals surface area (Å²) in [6, 6.07) is 7.55. The summed E-state index contributed by atoms with van der Waals surface area (Å²) < 4.78 is 36.6. The Bertz CT molecular complexity index is 1010. The van der Waals surface area contributed by atoms with Crippen LogP contribution in [0.2, 0.25) is 0 Å². The van der Waals surface area contributed by atoms with Crippen LogP contribution in [0.4, 0.5) is 5.69 Å². The molecule has 1 saturated heterocycles. The number of hydrogen-bond donors (Lipinski definition) is 1. The second kappa shape index (κ2) is 12.3. The van der Waals surface area contributed by atoms with Gasteiger partial charge in [-0.1, -0.05) is 45.0 Å². The van der Waals surface area contributed by atoms with Crippen molar-refractivity contribution in [2.75, 3.05) is 43.4 Å². The number of para-hydroxylation sites is 1. The minimum atomic E-state index is -4.06. The van der Waals surface area contributed by atoms with Gasteiger partial charge in [0.05, 0.1) is 11.4 Å². The minimum Gasteiger partial charge on any atom is -0.423 e. The highest BCUT2D eigenvalue weighted by molar-refractivity contribution is 7.85. The van der Waals surface area contributed by atoms with Gasteiger partial charge in [0.15, 0.2) is 0 Å². The third kappa shape index (κ3) is 7.10. The monoisotopic (exact) mass is 495 g/mol. The van der Waals surface area contributed by atoms with Crippen molar-refractivity contribution in [3.05, 3.63) is 47.4 Å². The van der Waals surface area contributed by atoms with E-state index in [0.717, 1.165) is 11.3 Å². The van der Waals surface area contributed by atoms with Gasteiger partial charge in [-0.05, 0) is 62.9 Å². The smallest absolute Gasteiger partial charge is 0.299 e. The van der Waals surface area contributed by atoms with Gasteiger partial charge in [0.1, 0.15) is 0 Å². The van der Waals surface area contributed by atoms with E-state index in [2.05, 4.69) is 25.7 Å². The van der Waals surface area contributed by atoms with Crippen molar-refractivity contribution < 1.29 is 22.5 Å². The summed E-state index contributed by atoms with van der Waals surface area (Å²) in [5.74, 6) is -0.572. The number of ether oxygens (including phenoxy) is 1. The van der Waals surface area contributed by atoms with E-state index in [0.29, 0.717) is 12.2 Å². The molecule has 0 bridgehead atoms. The summed E-state index contributed by atoms with van der Waals surface area (Å²) in [4.78, 5) is 18.1. The Hall–Kier alpha value is -2.27. The zero-order chi connectivity index (χ0) is 24.6. The fourth-order valence-electron chi connectivity index (χ4n) is 3.60. The second-order valence-corrected chi connectivity index (χ2v) is 9.36. The van der Waals surface area contributed by atoms with Crippen molar-refractivity contribution in [1.82, 2.24) is 9.80 Å². The Labute approximate surface area is 202 Å². The van der Waals surface area contributed by atoms with E-state index in [1.54, 1.807) is 13.0 Å². The summed E-state index contributed by atoms with van der Waals surface area (Å²) in [7, 11) is -4.06. The maximum atomic E-state index is 12.6. The lowest BCUT2D eigenvalue weighted by atomic mass is 10.0. The lowest BCUT2D eigenvalue weighted by Gasteiger charge is -2.30. The van der Waals surface area contributed by atoms with Gasteiger partial charge in [0.2, 0.25) is 5.76 Å². The minimum absolute atomic E-state index is 0.102. The number of carbonyl (C=O) groups excluding carboxylic acids is 1. The number of benzene rings is 1.